The molecule has 1 nitrogen and oxygen atoms in total. The van der Waals surface area contributed by atoms with E-state index in [1.807, 2.05) is 6.26 Å². The van der Waals surface area contributed by atoms with Gasteiger partial charge in [0.2, 0.25) is 0 Å². The van der Waals surface area contributed by atoms with Crippen LogP contribution >= 0.6 is 0 Å². The molecule has 0 atom stereocenters. The first-order valence-electron chi connectivity index (χ1n) is 4.99. The Kier molecular flexibility index (Phi) is 1.69. The second kappa shape index (κ2) is 3.02. The molecule has 0 unspecified atom stereocenters. The molecule has 1 aromatic carbocycles. The minimum absolute atomic E-state index is 0.778. The van der Waals surface area contributed by atoms with Crippen molar-refractivity contribution in [3.63, 3.8) is 0 Å². The van der Waals surface area contributed by atoms with Gasteiger partial charge in [-0.15, -0.1) is 0 Å². The van der Waals surface area contributed by atoms with Gasteiger partial charge in [0, 0.05) is 0 Å². The van der Waals surface area contributed by atoms with Crippen LogP contribution in [0.15, 0.2) is 47.7 Å². The molecule has 0 N–H and O–H groups in total. The van der Waals surface area contributed by atoms with Gasteiger partial charge in [-0.25, -0.2) is 0 Å². The minimum atomic E-state index is 0.778. The Morgan fingerprint density at radius 2 is 1.79 bits per heavy atom. The number of allylic oxidation sites excluding steroid dienone is 2. The summed E-state index contributed by atoms with van der Waals surface area (Å²) in [7, 11) is 0. The Labute approximate surface area is 83.7 Å². The maximum Gasteiger partial charge on any atom is 0.109 e. The zero-order valence-corrected chi connectivity index (χ0v) is 7.99. The van der Waals surface area contributed by atoms with Crippen LogP contribution in [-0.2, 0) is 17.6 Å². The number of fused-ring (bicyclic) bond motifs is 1. The van der Waals surface area contributed by atoms with Gasteiger partial charge in [0.15, 0.2) is 0 Å². The predicted molar refractivity (Wildman–Crippen MR) is 56.0 cm³/mol. The fraction of sp³-hybridized carbons (Fsp3) is 0.231. The molecule has 0 fully saturated rings. The van der Waals surface area contributed by atoms with Crippen LogP contribution in [0.5, 0.6) is 0 Å². The highest BCUT2D eigenvalue weighted by molar-refractivity contribution is 5.45. The van der Waals surface area contributed by atoms with Crippen LogP contribution in [0.1, 0.15) is 11.1 Å². The standard InChI is InChI=1S/C13H12O/c1-2-4-11-8-13-9-14-6-5-12(13)7-10(11)3-1/h1-6H,7-9H2. The maximum atomic E-state index is 5.32. The fourth-order valence-electron chi connectivity index (χ4n) is 2.18. The summed E-state index contributed by atoms with van der Waals surface area (Å²) in [6, 6.07) is 8.68. The molecular formula is C13H12O. The first kappa shape index (κ1) is 7.86. The Morgan fingerprint density at radius 1 is 1.00 bits per heavy atom. The van der Waals surface area contributed by atoms with E-state index in [1.165, 1.54) is 22.3 Å². The first-order valence-corrected chi connectivity index (χ1v) is 4.99. The van der Waals surface area contributed by atoms with E-state index in [-0.39, 0.29) is 0 Å². The van der Waals surface area contributed by atoms with Crippen molar-refractivity contribution in [2.45, 2.75) is 12.8 Å². The summed E-state index contributed by atoms with van der Waals surface area (Å²) < 4.78 is 5.32. The molecule has 0 spiro atoms. The summed E-state index contributed by atoms with van der Waals surface area (Å²) in [6.07, 6.45) is 6.06. The third-order valence-electron chi connectivity index (χ3n) is 2.98. The van der Waals surface area contributed by atoms with Crippen molar-refractivity contribution in [1.29, 1.82) is 0 Å². The molecular weight excluding hydrogens is 172 g/mol. The number of benzene rings is 1. The smallest absolute Gasteiger partial charge is 0.109 e. The number of rotatable bonds is 0. The van der Waals surface area contributed by atoms with E-state index < -0.39 is 0 Å². The first-order chi connectivity index (χ1) is 6.93. The van der Waals surface area contributed by atoms with Crippen molar-refractivity contribution >= 4 is 0 Å². The monoisotopic (exact) mass is 184 g/mol. The summed E-state index contributed by atoms with van der Waals surface area (Å²) in [5.74, 6) is 0. The topological polar surface area (TPSA) is 9.23 Å². The molecule has 0 amide bonds. The van der Waals surface area contributed by atoms with Gasteiger partial charge < -0.3 is 4.74 Å². The molecule has 0 radical (unpaired) electrons. The van der Waals surface area contributed by atoms with E-state index in [0.717, 1.165) is 19.4 Å². The van der Waals surface area contributed by atoms with Gasteiger partial charge in [0.1, 0.15) is 6.61 Å². The lowest BCUT2D eigenvalue weighted by atomic mass is 9.86. The molecule has 1 heteroatoms. The van der Waals surface area contributed by atoms with Crippen molar-refractivity contribution < 1.29 is 4.74 Å². The second-order valence-corrected chi connectivity index (χ2v) is 3.86. The molecule has 0 aromatic heterocycles. The molecule has 70 valence electrons. The summed E-state index contributed by atoms with van der Waals surface area (Å²) in [4.78, 5) is 0. The van der Waals surface area contributed by atoms with Gasteiger partial charge in [-0.1, -0.05) is 24.3 Å². The van der Waals surface area contributed by atoms with Gasteiger partial charge in [0.25, 0.3) is 0 Å². The second-order valence-electron chi connectivity index (χ2n) is 3.86. The lowest BCUT2D eigenvalue weighted by Crippen LogP contribution is -2.13. The summed E-state index contributed by atoms with van der Waals surface area (Å²) in [5.41, 5.74) is 5.84. The molecule has 0 bridgehead atoms. The average Bonchev–Trinajstić information content (AvgIpc) is 2.26. The molecule has 0 saturated carbocycles. The molecule has 1 aromatic rings. The zero-order valence-electron chi connectivity index (χ0n) is 7.99. The van der Waals surface area contributed by atoms with Crippen LogP contribution < -0.4 is 0 Å². The fourth-order valence-corrected chi connectivity index (χ4v) is 2.18. The lowest BCUT2D eigenvalue weighted by molar-refractivity contribution is 0.270. The van der Waals surface area contributed by atoms with Gasteiger partial charge >= 0.3 is 0 Å². The highest BCUT2D eigenvalue weighted by Gasteiger charge is 2.17. The minimum Gasteiger partial charge on any atom is -0.497 e. The molecule has 1 aliphatic carbocycles. The highest BCUT2D eigenvalue weighted by atomic mass is 16.5. The number of hydrogen-bond donors (Lipinski definition) is 0. The molecule has 1 heterocycles. The van der Waals surface area contributed by atoms with E-state index in [2.05, 4.69) is 30.3 Å². The molecule has 14 heavy (non-hydrogen) atoms. The number of ether oxygens (including phenoxy) is 1. The molecule has 0 saturated heterocycles. The maximum absolute atomic E-state index is 5.32. The Balaban J connectivity index is 2.03. The van der Waals surface area contributed by atoms with E-state index in [1.54, 1.807) is 0 Å². The third kappa shape index (κ3) is 1.17. The van der Waals surface area contributed by atoms with Crippen LogP contribution in [0.4, 0.5) is 0 Å². The number of hydrogen-bond acceptors (Lipinski definition) is 1. The van der Waals surface area contributed by atoms with E-state index in [0.29, 0.717) is 0 Å². The van der Waals surface area contributed by atoms with Crippen molar-refractivity contribution in [2.24, 2.45) is 0 Å². The average molecular weight is 184 g/mol. The Morgan fingerprint density at radius 3 is 2.64 bits per heavy atom. The van der Waals surface area contributed by atoms with E-state index in [9.17, 15) is 0 Å². The highest BCUT2D eigenvalue weighted by Crippen LogP contribution is 2.28. The Bertz CT molecular complexity index is 427. The quantitative estimate of drug-likeness (QED) is 0.602. The predicted octanol–water partition coefficient (Wildman–Crippen LogP) is 2.63. The SMILES string of the molecule is C1=CC2=C(CO1)Cc1ccccc1C2. The van der Waals surface area contributed by atoms with Gasteiger partial charge in [0.05, 0.1) is 6.26 Å². The van der Waals surface area contributed by atoms with Crippen LogP contribution in [0.3, 0.4) is 0 Å². The molecule has 1 aliphatic heterocycles. The molecule has 2 aliphatic rings. The molecule has 3 rings (SSSR count). The lowest BCUT2D eigenvalue weighted by Gasteiger charge is -2.23. The van der Waals surface area contributed by atoms with E-state index in [4.69, 9.17) is 4.74 Å². The largest absolute Gasteiger partial charge is 0.497 e. The van der Waals surface area contributed by atoms with Crippen LogP contribution in [0, 0.1) is 0 Å². The van der Waals surface area contributed by atoms with Crippen LogP contribution in [0.2, 0.25) is 0 Å². The van der Waals surface area contributed by atoms with Gasteiger partial charge in [-0.3, -0.25) is 0 Å². The third-order valence-corrected chi connectivity index (χ3v) is 2.98. The van der Waals surface area contributed by atoms with Crippen molar-refractivity contribution in [1.82, 2.24) is 0 Å². The van der Waals surface area contributed by atoms with Crippen molar-refractivity contribution in [3.8, 4) is 0 Å². The summed E-state index contributed by atoms with van der Waals surface area (Å²) in [5, 5.41) is 0. The Hall–Kier alpha value is -1.50. The van der Waals surface area contributed by atoms with Crippen molar-refractivity contribution in [2.75, 3.05) is 6.61 Å². The van der Waals surface area contributed by atoms with Crippen molar-refractivity contribution in [3.05, 3.63) is 58.9 Å². The normalized spacial score (nSPS) is 18.6. The van der Waals surface area contributed by atoms with E-state index >= 15 is 0 Å². The van der Waals surface area contributed by atoms with Crippen LogP contribution in [0.25, 0.3) is 0 Å². The summed E-state index contributed by atoms with van der Waals surface area (Å²) >= 11 is 0. The van der Waals surface area contributed by atoms with Gasteiger partial charge in [-0.2, -0.15) is 0 Å². The van der Waals surface area contributed by atoms with Gasteiger partial charge in [-0.05, 0) is 41.2 Å². The van der Waals surface area contributed by atoms with Crippen LogP contribution in [-0.4, -0.2) is 6.61 Å². The summed E-state index contributed by atoms with van der Waals surface area (Å²) in [6.45, 7) is 0.778. The zero-order chi connectivity index (χ0) is 9.38.